The van der Waals surface area contributed by atoms with E-state index in [9.17, 15) is 8.42 Å². The zero-order valence-corrected chi connectivity index (χ0v) is 20.3. The Morgan fingerprint density at radius 1 is 1.15 bits per heavy atom. The largest absolute Gasteiger partial charge is 0.415 e. The molecule has 1 rings (SSSR count). The van der Waals surface area contributed by atoms with Crippen molar-refractivity contribution < 1.29 is 12.8 Å². The van der Waals surface area contributed by atoms with E-state index < -0.39 is 18.3 Å². The summed E-state index contributed by atoms with van der Waals surface area (Å²) in [5, 5.41) is 0.0784. The van der Waals surface area contributed by atoms with E-state index in [4.69, 9.17) is 4.43 Å². The molecule has 0 saturated heterocycles. The van der Waals surface area contributed by atoms with Crippen LogP contribution in [0.4, 0.5) is 0 Å². The Balaban J connectivity index is 3.11. The average molecular weight is 412 g/mol. The Bertz CT molecular complexity index is 754. The van der Waals surface area contributed by atoms with Gasteiger partial charge in [-0.1, -0.05) is 57.5 Å². The maximum absolute atomic E-state index is 13.1. The van der Waals surface area contributed by atoms with E-state index in [0.29, 0.717) is 11.5 Å². The van der Waals surface area contributed by atoms with Crippen molar-refractivity contribution >= 4 is 18.3 Å². The highest BCUT2D eigenvalue weighted by atomic mass is 32.2. The molecule has 6 heteroatoms. The van der Waals surface area contributed by atoms with Gasteiger partial charge in [-0.2, -0.15) is 0 Å². The zero-order chi connectivity index (χ0) is 21.0. The number of nitrogens with one attached hydrogen (secondary N) is 1. The number of rotatable bonds is 8. The molecule has 4 nitrogen and oxygen atoms in total. The van der Waals surface area contributed by atoms with Crippen LogP contribution in [-0.2, 0) is 14.4 Å². The summed E-state index contributed by atoms with van der Waals surface area (Å²) in [7, 11) is -5.60. The van der Waals surface area contributed by atoms with Crippen LogP contribution in [0.25, 0.3) is 0 Å². The highest BCUT2D eigenvalue weighted by molar-refractivity contribution is 7.89. The van der Waals surface area contributed by atoms with Crippen LogP contribution in [0.2, 0.25) is 18.1 Å². The summed E-state index contributed by atoms with van der Waals surface area (Å²) in [5.74, 6) is 0. The normalized spacial score (nSPS) is 14.7. The first kappa shape index (κ1) is 24.1. The van der Waals surface area contributed by atoms with Crippen LogP contribution in [0.3, 0.4) is 0 Å². The van der Waals surface area contributed by atoms with E-state index in [1.54, 1.807) is 0 Å². The van der Waals surface area contributed by atoms with Gasteiger partial charge in [0.05, 0.1) is 17.5 Å². The van der Waals surface area contributed by atoms with Crippen LogP contribution in [0.15, 0.2) is 29.2 Å². The van der Waals surface area contributed by atoms with Crippen molar-refractivity contribution in [1.82, 2.24) is 4.72 Å². The molecule has 1 N–H and O–H groups in total. The molecule has 27 heavy (non-hydrogen) atoms. The third kappa shape index (κ3) is 6.56. The van der Waals surface area contributed by atoms with Gasteiger partial charge in [0.2, 0.25) is 10.0 Å². The molecule has 0 radical (unpaired) electrons. The molecule has 0 spiro atoms. The quantitative estimate of drug-likeness (QED) is 0.470. The molecule has 0 amide bonds. The van der Waals surface area contributed by atoms with Crippen molar-refractivity contribution in [3.05, 3.63) is 41.0 Å². The monoisotopic (exact) mass is 411 g/mol. The molecule has 0 fully saturated rings. The summed E-state index contributed by atoms with van der Waals surface area (Å²) in [4.78, 5) is 0.371. The lowest BCUT2D eigenvalue weighted by Gasteiger charge is -2.37. The summed E-state index contributed by atoms with van der Waals surface area (Å²) in [5.41, 5.74) is 2.60. The second-order valence-corrected chi connectivity index (χ2v) is 15.3. The molecule has 0 bridgehead atoms. The minimum atomic E-state index is -3.64. The number of aryl methyl sites for hydroxylation is 3. The maximum atomic E-state index is 13.1. The lowest BCUT2D eigenvalue weighted by molar-refractivity contribution is 0.272. The van der Waals surface area contributed by atoms with E-state index in [1.165, 1.54) is 0 Å². The molecule has 0 aliphatic carbocycles. The Hall–Kier alpha value is -0.953. The fourth-order valence-electron chi connectivity index (χ4n) is 2.79. The van der Waals surface area contributed by atoms with Crippen molar-refractivity contribution in [3.8, 4) is 0 Å². The van der Waals surface area contributed by atoms with Gasteiger partial charge in [-0.3, -0.25) is 0 Å². The van der Waals surface area contributed by atoms with E-state index in [-0.39, 0.29) is 11.1 Å². The summed E-state index contributed by atoms with van der Waals surface area (Å²) >= 11 is 0. The summed E-state index contributed by atoms with van der Waals surface area (Å²) in [6.45, 7) is 18.9. The van der Waals surface area contributed by atoms with Gasteiger partial charge in [-0.25, -0.2) is 13.1 Å². The third-order valence-corrected chi connectivity index (χ3v) is 11.5. The Morgan fingerprint density at radius 2 is 1.67 bits per heavy atom. The van der Waals surface area contributed by atoms with E-state index in [2.05, 4.69) is 38.6 Å². The fourth-order valence-corrected chi connectivity index (χ4v) is 5.45. The minimum absolute atomic E-state index is 0.0784. The molecule has 1 aromatic rings. The molecule has 0 heterocycles. The van der Waals surface area contributed by atoms with Crippen LogP contribution in [0, 0.1) is 20.8 Å². The molecular formula is C21H37NO3SSi. The third-order valence-electron chi connectivity index (χ3n) is 5.21. The molecule has 1 atom stereocenters. The summed E-state index contributed by atoms with van der Waals surface area (Å²) in [6.07, 6.45) is 4.74. The number of allylic oxidation sites excluding steroid dienone is 1. The molecule has 154 valence electrons. The van der Waals surface area contributed by atoms with Crippen molar-refractivity contribution in [3.63, 3.8) is 0 Å². The van der Waals surface area contributed by atoms with Gasteiger partial charge in [0, 0.05) is 0 Å². The predicted octanol–water partition coefficient (Wildman–Crippen LogP) is 5.25. The first-order chi connectivity index (χ1) is 12.2. The van der Waals surface area contributed by atoms with Crippen LogP contribution < -0.4 is 4.72 Å². The smallest absolute Gasteiger partial charge is 0.241 e. The lowest BCUT2D eigenvalue weighted by Crippen LogP contribution is -2.45. The van der Waals surface area contributed by atoms with Gasteiger partial charge in [0.25, 0.3) is 0 Å². The average Bonchev–Trinajstić information content (AvgIpc) is 2.47. The number of benzene rings is 1. The van der Waals surface area contributed by atoms with Crippen LogP contribution in [0.1, 0.15) is 50.8 Å². The zero-order valence-electron chi connectivity index (χ0n) is 18.4. The molecule has 0 aromatic heterocycles. The molecule has 0 aliphatic heterocycles. The van der Waals surface area contributed by atoms with Gasteiger partial charge in [-0.05, 0) is 56.5 Å². The second kappa shape index (κ2) is 9.03. The van der Waals surface area contributed by atoms with Crippen molar-refractivity contribution in [2.75, 3.05) is 6.61 Å². The van der Waals surface area contributed by atoms with Gasteiger partial charge in [-0.15, -0.1) is 0 Å². The van der Waals surface area contributed by atoms with Crippen molar-refractivity contribution in [2.24, 2.45) is 0 Å². The van der Waals surface area contributed by atoms with Crippen LogP contribution in [0.5, 0.6) is 0 Å². The van der Waals surface area contributed by atoms with Crippen molar-refractivity contribution in [2.45, 2.75) is 84.0 Å². The van der Waals surface area contributed by atoms with E-state index in [0.717, 1.165) is 23.1 Å². The first-order valence-corrected chi connectivity index (χ1v) is 14.0. The Morgan fingerprint density at radius 3 is 2.11 bits per heavy atom. The molecule has 0 saturated carbocycles. The lowest BCUT2D eigenvalue weighted by atomic mass is 10.1. The number of hydrogen-bond acceptors (Lipinski definition) is 3. The highest BCUT2D eigenvalue weighted by Gasteiger charge is 2.37. The maximum Gasteiger partial charge on any atom is 0.241 e. The standard InChI is InChI=1S/C21H37NO3SSi/c1-10-11-12-19(15-25-27(8,9)21(5,6)7)22-26(23,24)20-17(3)13-16(2)14-18(20)4/h11-14,19,22H,10,15H2,1-9H3/b12-11-/t19-/m0/s1. The Kier molecular flexibility index (Phi) is 8.06. The number of hydrogen-bond donors (Lipinski definition) is 1. The van der Waals surface area contributed by atoms with Crippen LogP contribution in [-0.4, -0.2) is 29.4 Å². The minimum Gasteiger partial charge on any atom is -0.415 e. The first-order valence-electron chi connectivity index (χ1n) is 9.62. The SMILES string of the molecule is CC/C=C\[C@@H](CO[Si](C)(C)C(C)(C)C)NS(=O)(=O)c1c(C)cc(C)cc1C. The Labute approximate surface area is 167 Å². The van der Waals surface area contributed by atoms with Crippen LogP contribution >= 0.6 is 0 Å². The van der Waals surface area contributed by atoms with E-state index in [1.807, 2.05) is 52.0 Å². The van der Waals surface area contributed by atoms with Gasteiger partial charge in [0.1, 0.15) is 0 Å². The molecular weight excluding hydrogens is 374 g/mol. The predicted molar refractivity (Wildman–Crippen MR) is 117 cm³/mol. The molecule has 0 aliphatic rings. The summed E-state index contributed by atoms with van der Waals surface area (Å²) in [6, 6.07) is 3.43. The molecule has 0 unspecified atom stereocenters. The van der Waals surface area contributed by atoms with Gasteiger partial charge in [0.15, 0.2) is 8.32 Å². The second-order valence-electron chi connectivity index (χ2n) is 8.86. The number of sulfonamides is 1. The van der Waals surface area contributed by atoms with Gasteiger partial charge >= 0.3 is 0 Å². The highest BCUT2D eigenvalue weighted by Crippen LogP contribution is 2.36. The molecule has 1 aromatic carbocycles. The topological polar surface area (TPSA) is 55.4 Å². The van der Waals surface area contributed by atoms with Crippen molar-refractivity contribution in [1.29, 1.82) is 0 Å². The fraction of sp³-hybridized carbons (Fsp3) is 0.619. The summed E-state index contributed by atoms with van der Waals surface area (Å²) < 4.78 is 35.3. The van der Waals surface area contributed by atoms with E-state index >= 15 is 0 Å². The van der Waals surface area contributed by atoms with Gasteiger partial charge < -0.3 is 4.43 Å².